The highest BCUT2D eigenvalue weighted by Crippen LogP contribution is 2.14. The van der Waals surface area contributed by atoms with Crippen molar-refractivity contribution in [2.75, 3.05) is 25.1 Å². The number of carboxylic acid groups (broad SMARTS) is 4. The summed E-state index contributed by atoms with van der Waals surface area (Å²) in [7, 11) is 0. The van der Waals surface area contributed by atoms with Gasteiger partial charge in [0, 0.05) is 55.9 Å². The van der Waals surface area contributed by atoms with Crippen molar-refractivity contribution in [3.8, 4) is 0 Å². The molecule has 37 heteroatoms. The number of rotatable bonds is 47. The number of aromatic amines is 2. The Balaban J connectivity index is 2.48. The van der Waals surface area contributed by atoms with Gasteiger partial charge in [-0.2, -0.15) is 11.8 Å². The Morgan fingerprint density at radius 2 is 0.823 bits per heavy atom. The lowest BCUT2D eigenvalue weighted by atomic mass is 9.99. The van der Waals surface area contributed by atoms with E-state index in [9.17, 15) is 87.2 Å². The van der Waals surface area contributed by atoms with Gasteiger partial charge in [-0.25, -0.2) is 9.97 Å². The molecule has 2 heterocycles. The molecule has 0 aliphatic heterocycles. The van der Waals surface area contributed by atoms with E-state index in [2.05, 4.69) is 78.4 Å². The number of carbonyl (C=O) groups is 15. The van der Waals surface area contributed by atoms with Gasteiger partial charge >= 0.3 is 23.9 Å². The topological polar surface area (TPSA) is 579 Å². The van der Waals surface area contributed by atoms with Crippen molar-refractivity contribution in [3.63, 3.8) is 0 Å². The molecular formula is C59H95N17O19S. The molecule has 0 aliphatic carbocycles. The first-order valence-electron chi connectivity index (χ1n) is 31.3. The fraction of sp³-hybridized carbons (Fsp3) is 0.644. The van der Waals surface area contributed by atoms with Crippen LogP contribution < -0.4 is 70.0 Å². The van der Waals surface area contributed by atoms with E-state index in [4.69, 9.17) is 16.6 Å². The van der Waals surface area contributed by atoms with Crippen molar-refractivity contribution in [2.45, 2.75) is 198 Å². The number of thioether (sulfide) groups is 1. The molecule has 0 unspecified atom stereocenters. The highest BCUT2D eigenvalue weighted by Gasteiger charge is 2.38. The summed E-state index contributed by atoms with van der Waals surface area (Å²) in [6, 6.07) is -16.3. The minimum atomic E-state index is -1.87. The quantitative estimate of drug-likeness (QED) is 0.0282. The molecule has 21 N–H and O–H groups in total. The summed E-state index contributed by atoms with van der Waals surface area (Å²) in [5, 5.41) is 65.2. The van der Waals surface area contributed by atoms with Crippen LogP contribution in [0.4, 0.5) is 0 Å². The highest BCUT2D eigenvalue weighted by atomic mass is 32.2. The van der Waals surface area contributed by atoms with Crippen LogP contribution in [0, 0.1) is 17.8 Å². The van der Waals surface area contributed by atoms with Crippen LogP contribution in [0.25, 0.3) is 0 Å². The summed E-state index contributed by atoms with van der Waals surface area (Å²) in [5.41, 5.74) is 12.4. The van der Waals surface area contributed by atoms with Crippen molar-refractivity contribution < 1.29 is 92.3 Å². The molecule has 0 aromatic carbocycles. The molecule has 0 saturated carbocycles. The Hall–Kier alpha value is -9.26. The Morgan fingerprint density at radius 3 is 1.20 bits per heavy atom. The molecule has 96 heavy (non-hydrogen) atoms. The van der Waals surface area contributed by atoms with Gasteiger partial charge in [0.1, 0.15) is 67.0 Å². The number of carboxylic acids is 4. The molecule has 536 valence electrons. The first kappa shape index (κ1) is 82.8. The van der Waals surface area contributed by atoms with E-state index in [0.717, 1.165) is 0 Å². The predicted octanol–water partition coefficient (Wildman–Crippen LogP) is -3.85. The zero-order valence-electron chi connectivity index (χ0n) is 55.1. The predicted molar refractivity (Wildman–Crippen MR) is 344 cm³/mol. The number of carbonyl (C=O) groups excluding carboxylic acids is 11. The highest BCUT2D eigenvalue weighted by molar-refractivity contribution is 7.98. The summed E-state index contributed by atoms with van der Waals surface area (Å²) >= 11 is 1.45. The molecule has 0 radical (unpaired) electrons. The van der Waals surface area contributed by atoms with Crippen LogP contribution >= 0.6 is 11.8 Å². The molecule has 0 aliphatic rings. The number of H-pyrrole nitrogens is 2. The van der Waals surface area contributed by atoms with Crippen LogP contribution in [0.15, 0.2) is 25.0 Å². The fourth-order valence-corrected chi connectivity index (χ4v) is 9.75. The minimum absolute atomic E-state index is 0.0918. The van der Waals surface area contributed by atoms with Crippen LogP contribution in [-0.2, 0) is 84.8 Å². The summed E-state index contributed by atoms with van der Waals surface area (Å²) in [4.78, 5) is 213. The number of hydrogen-bond acceptors (Lipinski definition) is 20. The number of aliphatic carboxylic acids is 4. The zero-order chi connectivity index (χ0) is 72.4. The third kappa shape index (κ3) is 31.3. The van der Waals surface area contributed by atoms with Crippen LogP contribution in [0.3, 0.4) is 0 Å². The number of nitrogens with zero attached hydrogens (tertiary/aromatic N) is 2. The standard InChI is InChI=1S/C59H95N17O19S/c1-29(2)21-40(51(87)64-26-46(83)84)74-59(95)48(31(5)6)75-49(85)32(7)67-58(94)47(30(3)4)76-55(91)39(14-17-45(81)82)71-57(93)42(23-34-25-63-28-66-34)73-54(90)38(13-16-44(79)80)70-53(89)37(12-15-43(77)78)69-52(88)36(11-9-10-19-60)68-56(92)41(22-33-24-62-27-65-33)72-50(86)35(61)18-20-96-8/h24-25,27-32,35-42,47-48H,9-23,26,60-61H2,1-8H3,(H,62,65)(H,63,66)(H,64,87)(H,67,94)(H,68,92)(H,69,88)(H,70,89)(H,71,93)(H,72,86)(H,73,90)(H,74,95)(H,75,85)(H,76,91)(H,77,78)(H,79,80)(H,81,82)(H,83,84)/t32-,35-,36-,37-,38-,39-,40-,41-,42-,47-,48-/m0/s1. The fourth-order valence-electron chi connectivity index (χ4n) is 9.26. The Kier molecular flexibility index (Phi) is 37.1. The van der Waals surface area contributed by atoms with E-state index in [1.165, 1.54) is 57.6 Å². The van der Waals surface area contributed by atoms with Crippen molar-refractivity contribution >= 4 is 101 Å². The lowest BCUT2D eigenvalue weighted by Crippen LogP contribution is -2.61. The number of imidazole rings is 2. The Morgan fingerprint density at radius 1 is 0.448 bits per heavy atom. The summed E-state index contributed by atoms with van der Waals surface area (Å²) in [6.45, 7) is 10.5. The van der Waals surface area contributed by atoms with Gasteiger partial charge in [0.05, 0.1) is 18.7 Å². The van der Waals surface area contributed by atoms with Crippen molar-refractivity contribution in [2.24, 2.45) is 29.2 Å². The van der Waals surface area contributed by atoms with Gasteiger partial charge in [0.2, 0.25) is 65.0 Å². The molecule has 11 atom stereocenters. The van der Waals surface area contributed by atoms with E-state index in [0.29, 0.717) is 17.9 Å². The maximum atomic E-state index is 14.4. The monoisotopic (exact) mass is 1380 g/mol. The number of aromatic nitrogens is 4. The maximum absolute atomic E-state index is 14.4. The second kappa shape index (κ2) is 42.9. The lowest BCUT2D eigenvalue weighted by Gasteiger charge is -2.29. The first-order chi connectivity index (χ1) is 45.2. The van der Waals surface area contributed by atoms with Crippen LogP contribution in [0.1, 0.15) is 130 Å². The van der Waals surface area contributed by atoms with E-state index in [-0.39, 0.29) is 50.3 Å². The van der Waals surface area contributed by atoms with E-state index in [1.807, 2.05) is 6.26 Å². The normalized spacial score (nSPS) is 14.6. The molecule has 0 spiro atoms. The number of nitrogens with one attached hydrogen (secondary N) is 13. The van der Waals surface area contributed by atoms with E-state index >= 15 is 0 Å². The largest absolute Gasteiger partial charge is 0.481 e. The molecule has 2 aromatic rings. The van der Waals surface area contributed by atoms with E-state index in [1.54, 1.807) is 27.7 Å². The van der Waals surface area contributed by atoms with Crippen molar-refractivity contribution in [3.05, 3.63) is 36.4 Å². The van der Waals surface area contributed by atoms with Crippen LogP contribution in [0.2, 0.25) is 0 Å². The molecule has 0 bridgehead atoms. The Labute approximate surface area is 558 Å². The lowest BCUT2D eigenvalue weighted by molar-refractivity contribution is -0.140. The number of nitrogens with two attached hydrogens (primary N) is 2. The zero-order valence-corrected chi connectivity index (χ0v) is 55.9. The molecule has 11 amide bonds. The smallest absolute Gasteiger partial charge is 0.322 e. The van der Waals surface area contributed by atoms with Gasteiger partial charge in [-0.15, -0.1) is 0 Å². The van der Waals surface area contributed by atoms with E-state index < -0.39 is 219 Å². The second-order valence-electron chi connectivity index (χ2n) is 23.9. The number of amides is 11. The van der Waals surface area contributed by atoms with Gasteiger partial charge in [0.15, 0.2) is 0 Å². The summed E-state index contributed by atoms with van der Waals surface area (Å²) < 4.78 is 0. The number of unbranched alkanes of at least 4 members (excludes halogenated alkanes) is 1. The third-order valence-corrected chi connectivity index (χ3v) is 15.3. The van der Waals surface area contributed by atoms with Crippen LogP contribution in [-0.4, -0.2) is 221 Å². The molecular weight excluding hydrogens is 1280 g/mol. The third-order valence-electron chi connectivity index (χ3n) is 14.6. The van der Waals surface area contributed by atoms with Crippen LogP contribution in [0.5, 0.6) is 0 Å². The average Bonchev–Trinajstić information content (AvgIpc) is 1.09. The first-order valence-corrected chi connectivity index (χ1v) is 32.6. The number of hydrogen-bond donors (Lipinski definition) is 19. The minimum Gasteiger partial charge on any atom is -0.481 e. The molecule has 2 aromatic heterocycles. The van der Waals surface area contributed by atoms with Gasteiger partial charge in [0.25, 0.3) is 0 Å². The van der Waals surface area contributed by atoms with Gasteiger partial charge in [-0.05, 0) is 94.6 Å². The van der Waals surface area contributed by atoms with Gasteiger partial charge in [-0.3, -0.25) is 71.9 Å². The molecule has 0 fully saturated rings. The SMILES string of the molecule is CSCC[C@H](N)C(=O)N[C@@H](Cc1cnc[nH]1)C(=O)N[C@@H](CCCCN)C(=O)N[C@@H](CCC(=O)O)C(=O)N[C@@H](CCC(=O)O)C(=O)N[C@@H](Cc1cnc[nH]1)C(=O)N[C@@H](CCC(=O)O)C(=O)N[C@H](C(=O)N[C@@H](C)C(=O)N[C@H](C(=O)N[C@@H](CC(C)C)C(=O)NCC(=O)O)C(C)C)C(C)C. The van der Waals surface area contributed by atoms with Gasteiger partial charge < -0.3 is 100 Å². The summed E-state index contributed by atoms with van der Waals surface area (Å²) in [6.07, 6.45) is 3.12. The molecule has 2 rings (SSSR count). The average molecular weight is 1380 g/mol. The molecule has 36 nitrogen and oxygen atoms in total. The Bertz CT molecular complexity index is 2930. The van der Waals surface area contributed by atoms with Crippen molar-refractivity contribution in [1.82, 2.24) is 78.4 Å². The maximum Gasteiger partial charge on any atom is 0.322 e. The van der Waals surface area contributed by atoms with Gasteiger partial charge in [-0.1, -0.05) is 41.5 Å². The van der Waals surface area contributed by atoms with Crippen molar-refractivity contribution in [1.29, 1.82) is 0 Å². The second-order valence-corrected chi connectivity index (χ2v) is 24.9. The molecule has 0 saturated heterocycles. The summed E-state index contributed by atoms with van der Waals surface area (Å²) in [5.74, 6) is -17.3.